The molecular formula is C14H17NO2S. The fraction of sp³-hybridized carbons (Fsp3) is 0.500. The van der Waals surface area contributed by atoms with Gasteiger partial charge in [-0.05, 0) is 24.3 Å². The highest BCUT2D eigenvalue weighted by atomic mass is 32.1. The van der Waals surface area contributed by atoms with Crippen molar-refractivity contribution < 1.29 is 9.90 Å². The zero-order valence-electron chi connectivity index (χ0n) is 10.2. The Hall–Kier alpha value is -1.31. The van der Waals surface area contributed by atoms with Crippen molar-refractivity contribution >= 4 is 17.2 Å². The minimum Gasteiger partial charge on any atom is -0.384 e. The van der Waals surface area contributed by atoms with E-state index < -0.39 is 0 Å². The van der Waals surface area contributed by atoms with E-state index in [4.69, 9.17) is 5.11 Å². The van der Waals surface area contributed by atoms with Crippen molar-refractivity contribution in [2.24, 2.45) is 5.92 Å². The predicted molar refractivity (Wildman–Crippen MR) is 72.1 cm³/mol. The Morgan fingerprint density at radius 3 is 3.00 bits per heavy atom. The van der Waals surface area contributed by atoms with Gasteiger partial charge >= 0.3 is 0 Å². The summed E-state index contributed by atoms with van der Waals surface area (Å²) in [5.41, 5.74) is 0.903. The molecule has 2 rings (SSSR count). The van der Waals surface area contributed by atoms with Crippen LogP contribution in [0, 0.1) is 17.8 Å². The normalized spacial score (nSPS) is 15.2. The molecule has 1 aromatic rings. The first-order valence-corrected chi connectivity index (χ1v) is 7.13. The molecule has 1 saturated carbocycles. The first kappa shape index (κ1) is 13.1. The largest absolute Gasteiger partial charge is 0.384 e. The lowest BCUT2D eigenvalue weighted by molar-refractivity contribution is -0.124. The highest BCUT2D eigenvalue weighted by Gasteiger charge is 2.22. The molecule has 1 amide bonds. The molecule has 1 aliphatic carbocycles. The van der Waals surface area contributed by atoms with Crippen molar-refractivity contribution in [2.75, 3.05) is 6.61 Å². The first-order valence-electron chi connectivity index (χ1n) is 6.25. The van der Waals surface area contributed by atoms with Crippen LogP contribution in [-0.2, 0) is 11.3 Å². The van der Waals surface area contributed by atoms with Gasteiger partial charge in [0.1, 0.15) is 6.61 Å². The molecule has 0 spiro atoms. The third kappa shape index (κ3) is 3.34. The van der Waals surface area contributed by atoms with Crippen molar-refractivity contribution in [2.45, 2.75) is 32.2 Å². The molecule has 0 aliphatic heterocycles. The Balaban J connectivity index is 1.89. The SMILES string of the molecule is O=C(NCc1sccc1C#CCO)C1CCCC1. The van der Waals surface area contributed by atoms with Gasteiger partial charge in [0.05, 0.1) is 6.54 Å². The number of aliphatic hydroxyl groups is 1. The summed E-state index contributed by atoms with van der Waals surface area (Å²) in [5.74, 6) is 5.90. The summed E-state index contributed by atoms with van der Waals surface area (Å²) in [6, 6.07) is 1.92. The standard InChI is InChI=1S/C14H17NO2S/c16-8-3-6-11-7-9-18-13(11)10-15-14(17)12-4-1-2-5-12/h7,9,12,16H,1-2,4-5,8,10H2,(H,15,17). The van der Waals surface area contributed by atoms with E-state index in [1.54, 1.807) is 11.3 Å². The number of aliphatic hydroxyl groups excluding tert-OH is 1. The van der Waals surface area contributed by atoms with Gasteiger partial charge in [-0.2, -0.15) is 0 Å². The van der Waals surface area contributed by atoms with Gasteiger partial charge in [0.15, 0.2) is 0 Å². The van der Waals surface area contributed by atoms with Crippen LogP contribution in [0.25, 0.3) is 0 Å². The lowest BCUT2D eigenvalue weighted by Gasteiger charge is -2.09. The minimum absolute atomic E-state index is 0.135. The molecule has 1 heterocycles. The second-order valence-electron chi connectivity index (χ2n) is 4.42. The van der Waals surface area contributed by atoms with Crippen LogP contribution >= 0.6 is 11.3 Å². The molecule has 0 saturated heterocycles. The number of amides is 1. The number of carbonyl (C=O) groups is 1. The Bertz CT molecular complexity index is 464. The average molecular weight is 263 g/mol. The number of hydrogen-bond donors (Lipinski definition) is 2. The van der Waals surface area contributed by atoms with Gasteiger partial charge < -0.3 is 10.4 Å². The molecule has 2 N–H and O–H groups in total. The molecule has 96 valence electrons. The van der Waals surface area contributed by atoms with E-state index in [-0.39, 0.29) is 18.4 Å². The van der Waals surface area contributed by atoms with Crippen LogP contribution in [0.3, 0.4) is 0 Å². The zero-order valence-corrected chi connectivity index (χ0v) is 11.1. The van der Waals surface area contributed by atoms with E-state index in [1.807, 2.05) is 11.4 Å². The number of thiophene rings is 1. The van der Waals surface area contributed by atoms with Crippen LogP contribution in [0.4, 0.5) is 0 Å². The smallest absolute Gasteiger partial charge is 0.223 e. The summed E-state index contributed by atoms with van der Waals surface area (Å²) >= 11 is 1.59. The molecule has 1 aromatic heterocycles. The second-order valence-corrected chi connectivity index (χ2v) is 5.42. The van der Waals surface area contributed by atoms with Gasteiger partial charge in [-0.25, -0.2) is 0 Å². The molecule has 1 fully saturated rings. The molecule has 18 heavy (non-hydrogen) atoms. The molecule has 0 aromatic carbocycles. The van der Waals surface area contributed by atoms with Crippen LogP contribution in [0.15, 0.2) is 11.4 Å². The molecule has 3 nitrogen and oxygen atoms in total. The fourth-order valence-electron chi connectivity index (χ4n) is 2.22. The molecule has 4 heteroatoms. The lowest BCUT2D eigenvalue weighted by atomic mass is 10.1. The molecule has 1 aliphatic rings. The third-order valence-electron chi connectivity index (χ3n) is 3.20. The number of rotatable bonds is 3. The van der Waals surface area contributed by atoms with Crippen molar-refractivity contribution in [3.8, 4) is 11.8 Å². The maximum atomic E-state index is 11.9. The molecule has 0 bridgehead atoms. The highest BCUT2D eigenvalue weighted by Crippen LogP contribution is 2.25. The van der Waals surface area contributed by atoms with Crippen LogP contribution in [-0.4, -0.2) is 17.6 Å². The topological polar surface area (TPSA) is 49.3 Å². The van der Waals surface area contributed by atoms with Gasteiger partial charge in [-0.3, -0.25) is 4.79 Å². The summed E-state index contributed by atoms with van der Waals surface area (Å²) in [4.78, 5) is 12.9. The summed E-state index contributed by atoms with van der Waals surface area (Å²) < 4.78 is 0. The van der Waals surface area contributed by atoms with E-state index in [9.17, 15) is 4.79 Å². The maximum Gasteiger partial charge on any atom is 0.223 e. The van der Waals surface area contributed by atoms with Gasteiger partial charge in [0.25, 0.3) is 0 Å². The fourth-order valence-corrected chi connectivity index (χ4v) is 2.99. The number of nitrogens with one attached hydrogen (secondary N) is 1. The molecule has 0 atom stereocenters. The van der Waals surface area contributed by atoms with Crippen molar-refractivity contribution in [3.05, 3.63) is 21.9 Å². The van der Waals surface area contributed by atoms with Crippen LogP contribution in [0.1, 0.15) is 36.1 Å². The summed E-state index contributed by atoms with van der Waals surface area (Å²) in [6.07, 6.45) is 4.38. The Kier molecular flexibility index (Phi) is 4.80. The van der Waals surface area contributed by atoms with E-state index in [1.165, 1.54) is 12.8 Å². The number of carbonyl (C=O) groups excluding carboxylic acids is 1. The average Bonchev–Trinajstić information content (AvgIpc) is 3.04. The predicted octanol–water partition coefficient (Wildman–Crippen LogP) is 1.90. The highest BCUT2D eigenvalue weighted by molar-refractivity contribution is 7.10. The quantitative estimate of drug-likeness (QED) is 0.818. The second kappa shape index (κ2) is 6.58. The Morgan fingerprint density at radius 1 is 1.50 bits per heavy atom. The van der Waals surface area contributed by atoms with Gasteiger partial charge in [-0.1, -0.05) is 24.7 Å². The summed E-state index contributed by atoms with van der Waals surface area (Å²) in [5, 5.41) is 13.6. The van der Waals surface area contributed by atoms with Crippen molar-refractivity contribution in [1.82, 2.24) is 5.32 Å². The molecular weight excluding hydrogens is 246 g/mol. The monoisotopic (exact) mass is 263 g/mol. The zero-order chi connectivity index (χ0) is 12.8. The molecule has 0 unspecified atom stereocenters. The lowest BCUT2D eigenvalue weighted by Crippen LogP contribution is -2.28. The Morgan fingerprint density at radius 2 is 2.28 bits per heavy atom. The van der Waals surface area contributed by atoms with Crippen LogP contribution in [0.5, 0.6) is 0 Å². The summed E-state index contributed by atoms with van der Waals surface area (Å²) in [7, 11) is 0. The van der Waals surface area contributed by atoms with Crippen LogP contribution in [0.2, 0.25) is 0 Å². The van der Waals surface area contributed by atoms with Crippen molar-refractivity contribution in [3.63, 3.8) is 0 Å². The Labute approximate surface area is 111 Å². The molecule has 0 radical (unpaired) electrons. The first-order chi connectivity index (χ1) is 8.81. The van der Waals surface area contributed by atoms with E-state index >= 15 is 0 Å². The maximum absolute atomic E-state index is 11.9. The van der Waals surface area contributed by atoms with E-state index in [2.05, 4.69) is 17.2 Å². The van der Waals surface area contributed by atoms with Gasteiger partial charge in [-0.15, -0.1) is 11.3 Å². The van der Waals surface area contributed by atoms with Crippen LogP contribution < -0.4 is 5.32 Å². The van der Waals surface area contributed by atoms with Gasteiger partial charge in [0.2, 0.25) is 5.91 Å². The van der Waals surface area contributed by atoms with E-state index in [0.29, 0.717) is 6.54 Å². The van der Waals surface area contributed by atoms with Crippen molar-refractivity contribution in [1.29, 1.82) is 0 Å². The minimum atomic E-state index is -0.135. The van der Waals surface area contributed by atoms with Gasteiger partial charge in [0, 0.05) is 16.4 Å². The third-order valence-corrected chi connectivity index (χ3v) is 4.12. The number of hydrogen-bond acceptors (Lipinski definition) is 3. The van der Waals surface area contributed by atoms with E-state index in [0.717, 1.165) is 23.3 Å². The summed E-state index contributed by atoms with van der Waals surface area (Å²) in [6.45, 7) is 0.409.